The monoisotopic (exact) mass is 257 g/mol. The predicted molar refractivity (Wildman–Crippen MR) is 75.7 cm³/mol. The molecule has 1 aliphatic carbocycles. The molecule has 1 fully saturated rings. The van der Waals surface area contributed by atoms with Gasteiger partial charge in [0.2, 0.25) is 0 Å². The SMILES string of the molecule is CCCNC(CC1CCCC1)C(OCC)OCC. The van der Waals surface area contributed by atoms with E-state index < -0.39 is 0 Å². The van der Waals surface area contributed by atoms with Crippen LogP contribution in [-0.2, 0) is 9.47 Å². The summed E-state index contributed by atoms with van der Waals surface area (Å²) in [6.07, 6.45) is 7.85. The van der Waals surface area contributed by atoms with E-state index in [1.165, 1.54) is 32.1 Å². The normalized spacial score (nSPS) is 18.7. The maximum absolute atomic E-state index is 5.77. The Hall–Kier alpha value is -0.120. The van der Waals surface area contributed by atoms with Crippen molar-refractivity contribution in [1.82, 2.24) is 5.32 Å². The highest BCUT2D eigenvalue weighted by atomic mass is 16.7. The Morgan fingerprint density at radius 2 is 1.67 bits per heavy atom. The molecule has 0 spiro atoms. The lowest BCUT2D eigenvalue weighted by molar-refractivity contribution is -0.156. The molecule has 0 heterocycles. The van der Waals surface area contributed by atoms with Gasteiger partial charge in [0.05, 0.1) is 6.04 Å². The van der Waals surface area contributed by atoms with Gasteiger partial charge in [-0.3, -0.25) is 0 Å². The molecule has 0 aromatic carbocycles. The molecule has 1 aliphatic rings. The van der Waals surface area contributed by atoms with Gasteiger partial charge in [0, 0.05) is 13.2 Å². The first-order valence-electron chi connectivity index (χ1n) is 7.78. The van der Waals surface area contributed by atoms with Crippen molar-refractivity contribution >= 4 is 0 Å². The van der Waals surface area contributed by atoms with Gasteiger partial charge in [-0.25, -0.2) is 0 Å². The second-order valence-corrected chi connectivity index (χ2v) is 5.23. The molecule has 18 heavy (non-hydrogen) atoms. The molecule has 0 aliphatic heterocycles. The third-order valence-corrected chi connectivity index (χ3v) is 3.71. The number of hydrogen-bond acceptors (Lipinski definition) is 3. The van der Waals surface area contributed by atoms with E-state index in [4.69, 9.17) is 9.47 Å². The van der Waals surface area contributed by atoms with Crippen molar-refractivity contribution in [2.75, 3.05) is 19.8 Å². The van der Waals surface area contributed by atoms with Gasteiger partial charge in [-0.15, -0.1) is 0 Å². The molecule has 0 bridgehead atoms. The van der Waals surface area contributed by atoms with Gasteiger partial charge in [0.1, 0.15) is 0 Å². The van der Waals surface area contributed by atoms with Gasteiger partial charge < -0.3 is 14.8 Å². The minimum absolute atomic E-state index is 0.0767. The minimum atomic E-state index is -0.0767. The third-order valence-electron chi connectivity index (χ3n) is 3.71. The van der Waals surface area contributed by atoms with Crippen LogP contribution in [0.15, 0.2) is 0 Å². The third kappa shape index (κ3) is 5.68. The summed E-state index contributed by atoms with van der Waals surface area (Å²) >= 11 is 0. The molecular weight excluding hydrogens is 226 g/mol. The Labute approximate surface area is 113 Å². The van der Waals surface area contributed by atoms with Crippen molar-refractivity contribution in [3.05, 3.63) is 0 Å². The molecule has 3 nitrogen and oxygen atoms in total. The molecule has 1 rings (SSSR count). The zero-order valence-corrected chi connectivity index (χ0v) is 12.4. The topological polar surface area (TPSA) is 30.5 Å². The van der Waals surface area contributed by atoms with Crippen LogP contribution in [0.25, 0.3) is 0 Å². The van der Waals surface area contributed by atoms with Crippen LogP contribution in [0.1, 0.15) is 59.3 Å². The fourth-order valence-corrected chi connectivity index (χ4v) is 2.83. The summed E-state index contributed by atoms with van der Waals surface area (Å²) in [5.41, 5.74) is 0. The zero-order valence-electron chi connectivity index (χ0n) is 12.4. The Bertz CT molecular complexity index is 187. The molecule has 0 aromatic heterocycles. The average molecular weight is 257 g/mol. The van der Waals surface area contributed by atoms with E-state index >= 15 is 0 Å². The fourth-order valence-electron chi connectivity index (χ4n) is 2.83. The van der Waals surface area contributed by atoms with Crippen molar-refractivity contribution in [1.29, 1.82) is 0 Å². The number of nitrogens with one attached hydrogen (secondary N) is 1. The maximum Gasteiger partial charge on any atom is 0.172 e. The van der Waals surface area contributed by atoms with E-state index in [2.05, 4.69) is 12.2 Å². The highest BCUT2D eigenvalue weighted by Gasteiger charge is 2.26. The van der Waals surface area contributed by atoms with E-state index in [9.17, 15) is 0 Å². The minimum Gasteiger partial charge on any atom is -0.351 e. The van der Waals surface area contributed by atoms with Crippen molar-refractivity contribution in [2.24, 2.45) is 5.92 Å². The fraction of sp³-hybridized carbons (Fsp3) is 1.00. The van der Waals surface area contributed by atoms with E-state index in [1.54, 1.807) is 0 Å². The van der Waals surface area contributed by atoms with E-state index in [0.717, 1.165) is 32.1 Å². The Balaban J connectivity index is 2.48. The molecule has 0 amide bonds. The van der Waals surface area contributed by atoms with Gasteiger partial charge in [-0.1, -0.05) is 32.6 Å². The van der Waals surface area contributed by atoms with Crippen LogP contribution < -0.4 is 5.32 Å². The van der Waals surface area contributed by atoms with Crippen molar-refractivity contribution in [2.45, 2.75) is 71.6 Å². The molecule has 1 N–H and O–H groups in total. The van der Waals surface area contributed by atoms with E-state index in [0.29, 0.717) is 6.04 Å². The second kappa shape index (κ2) is 9.76. The molecule has 1 saturated carbocycles. The molecule has 0 radical (unpaired) electrons. The second-order valence-electron chi connectivity index (χ2n) is 5.23. The summed E-state index contributed by atoms with van der Waals surface area (Å²) in [6, 6.07) is 0.355. The first-order valence-corrected chi connectivity index (χ1v) is 7.78. The van der Waals surface area contributed by atoms with Gasteiger partial charge in [-0.05, 0) is 39.2 Å². The summed E-state index contributed by atoms with van der Waals surface area (Å²) in [7, 11) is 0. The number of hydrogen-bond donors (Lipinski definition) is 1. The summed E-state index contributed by atoms with van der Waals surface area (Å²) in [4.78, 5) is 0. The van der Waals surface area contributed by atoms with Gasteiger partial charge in [0.25, 0.3) is 0 Å². The van der Waals surface area contributed by atoms with Gasteiger partial charge >= 0.3 is 0 Å². The Kier molecular flexibility index (Phi) is 8.64. The predicted octanol–water partition coefficient (Wildman–Crippen LogP) is 3.33. The summed E-state index contributed by atoms with van der Waals surface area (Å²) in [5.74, 6) is 0.864. The molecule has 1 unspecified atom stereocenters. The van der Waals surface area contributed by atoms with Crippen LogP contribution in [0.3, 0.4) is 0 Å². The van der Waals surface area contributed by atoms with Crippen LogP contribution in [0.5, 0.6) is 0 Å². The Morgan fingerprint density at radius 3 is 2.17 bits per heavy atom. The molecule has 0 aromatic rings. The lowest BCUT2D eigenvalue weighted by atomic mass is 9.98. The van der Waals surface area contributed by atoms with E-state index in [-0.39, 0.29) is 6.29 Å². The number of rotatable bonds is 10. The summed E-state index contributed by atoms with van der Waals surface area (Å²) in [6.45, 7) is 8.78. The highest BCUT2D eigenvalue weighted by molar-refractivity contribution is 4.78. The number of ether oxygens (including phenoxy) is 2. The molecule has 1 atom stereocenters. The van der Waals surface area contributed by atoms with Crippen molar-refractivity contribution < 1.29 is 9.47 Å². The van der Waals surface area contributed by atoms with Crippen LogP contribution in [-0.4, -0.2) is 32.1 Å². The molecule has 108 valence electrons. The average Bonchev–Trinajstić information content (AvgIpc) is 2.87. The zero-order chi connectivity index (χ0) is 13.2. The summed E-state index contributed by atoms with van der Waals surface area (Å²) in [5, 5.41) is 3.62. The van der Waals surface area contributed by atoms with Crippen LogP contribution in [0, 0.1) is 5.92 Å². The van der Waals surface area contributed by atoms with Crippen LogP contribution >= 0.6 is 0 Å². The largest absolute Gasteiger partial charge is 0.351 e. The van der Waals surface area contributed by atoms with Crippen LogP contribution in [0.4, 0.5) is 0 Å². The van der Waals surface area contributed by atoms with Crippen molar-refractivity contribution in [3.8, 4) is 0 Å². The van der Waals surface area contributed by atoms with Gasteiger partial charge in [0.15, 0.2) is 6.29 Å². The van der Waals surface area contributed by atoms with Gasteiger partial charge in [-0.2, -0.15) is 0 Å². The lowest BCUT2D eigenvalue weighted by Gasteiger charge is -2.29. The van der Waals surface area contributed by atoms with Crippen molar-refractivity contribution in [3.63, 3.8) is 0 Å². The molecule has 3 heteroatoms. The lowest BCUT2D eigenvalue weighted by Crippen LogP contribution is -2.44. The molecule has 0 saturated heterocycles. The summed E-state index contributed by atoms with van der Waals surface area (Å²) < 4.78 is 11.5. The first kappa shape index (κ1) is 15.9. The highest BCUT2D eigenvalue weighted by Crippen LogP contribution is 2.29. The molecular formula is C15H31NO2. The first-order chi connectivity index (χ1) is 8.81. The maximum atomic E-state index is 5.77. The Morgan fingerprint density at radius 1 is 1.06 bits per heavy atom. The van der Waals surface area contributed by atoms with E-state index in [1.807, 2.05) is 13.8 Å². The smallest absolute Gasteiger partial charge is 0.172 e. The quantitative estimate of drug-likeness (QED) is 0.609. The standard InChI is InChI=1S/C15H31NO2/c1-4-11-16-14(12-13-9-7-8-10-13)15(17-5-2)18-6-3/h13-16H,4-12H2,1-3H3. The van der Waals surface area contributed by atoms with Crippen LogP contribution in [0.2, 0.25) is 0 Å².